The number of anilines is 1. The van der Waals surface area contributed by atoms with Crippen LogP contribution in [0.2, 0.25) is 0 Å². The third kappa shape index (κ3) is 5.02. The molecule has 4 aromatic rings. The van der Waals surface area contributed by atoms with Gasteiger partial charge in [-0.05, 0) is 62.2 Å². The lowest BCUT2D eigenvalue weighted by molar-refractivity contribution is 0.422. The van der Waals surface area contributed by atoms with Crippen LogP contribution in [-0.2, 0) is 16.3 Å². The van der Waals surface area contributed by atoms with E-state index < -0.39 is 32.4 Å². The number of ether oxygens (including phenoxy) is 1. The van der Waals surface area contributed by atoms with Gasteiger partial charge in [0.1, 0.15) is 21.2 Å². The minimum absolute atomic E-state index is 0.0657. The number of aromatic nitrogens is 1. The predicted molar refractivity (Wildman–Crippen MR) is 130 cm³/mol. The molecule has 0 saturated heterocycles. The largest absolute Gasteiger partial charge is 0.436 e. The fraction of sp³-hybridized carbons (Fsp3) is 0.200. The van der Waals surface area contributed by atoms with Crippen molar-refractivity contribution < 1.29 is 22.1 Å². The highest BCUT2D eigenvalue weighted by Gasteiger charge is 2.19. The second kappa shape index (κ2) is 9.46. The molecule has 0 radical (unpaired) electrons. The number of benzene rings is 2. The summed E-state index contributed by atoms with van der Waals surface area (Å²) in [5, 5.41) is 0.0838. The van der Waals surface area contributed by atoms with E-state index in [9.17, 15) is 13.4 Å². The van der Waals surface area contributed by atoms with Crippen molar-refractivity contribution in [3.63, 3.8) is 0 Å². The summed E-state index contributed by atoms with van der Waals surface area (Å²) in [6.45, 7) is 4.94. The molecule has 2 aromatic carbocycles. The second-order valence-electron chi connectivity index (χ2n) is 8.25. The summed E-state index contributed by atoms with van der Waals surface area (Å²) >= 11 is 0. The van der Waals surface area contributed by atoms with Gasteiger partial charge in [0, 0.05) is 29.6 Å². The van der Waals surface area contributed by atoms with E-state index >= 15 is 4.39 Å². The van der Waals surface area contributed by atoms with E-state index in [4.69, 9.17) is 13.9 Å². The molecule has 0 saturated carbocycles. The van der Waals surface area contributed by atoms with E-state index in [2.05, 4.69) is 9.71 Å². The zero-order chi connectivity index (χ0) is 25.3. The van der Waals surface area contributed by atoms with Crippen LogP contribution in [0.3, 0.4) is 0 Å². The molecule has 7 nitrogen and oxygen atoms in total. The van der Waals surface area contributed by atoms with Crippen molar-refractivity contribution in [2.45, 2.75) is 32.4 Å². The van der Waals surface area contributed by atoms with Crippen LogP contribution >= 0.6 is 0 Å². The Kier molecular flexibility index (Phi) is 6.58. The SMILES string of the molecule is Cc1c(Cc2cccc(NS(=N)(=O)C(C)C)c2F)c(=O)oc2cc(Oc3ncccc3F)ccc12. The van der Waals surface area contributed by atoms with Crippen molar-refractivity contribution in [1.29, 1.82) is 4.78 Å². The molecule has 182 valence electrons. The van der Waals surface area contributed by atoms with E-state index in [0.717, 1.165) is 0 Å². The van der Waals surface area contributed by atoms with Gasteiger partial charge < -0.3 is 9.15 Å². The zero-order valence-corrected chi connectivity index (χ0v) is 20.0. The molecule has 10 heteroatoms. The van der Waals surface area contributed by atoms with Crippen LogP contribution in [0.1, 0.15) is 30.5 Å². The first-order valence-corrected chi connectivity index (χ1v) is 12.4. The average Bonchev–Trinajstić information content (AvgIpc) is 2.80. The number of aryl methyl sites for hydroxylation is 1. The van der Waals surface area contributed by atoms with E-state index in [-0.39, 0.29) is 40.4 Å². The summed E-state index contributed by atoms with van der Waals surface area (Å²) in [6, 6.07) is 11.9. The third-order valence-corrected chi connectivity index (χ3v) is 7.42. The van der Waals surface area contributed by atoms with Gasteiger partial charge in [0.15, 0.2) is 11.6 Å². The van der Waals surface area contributed by atoms with Gasteiger partial charge in [-0.25, -0.2) is 27.5 Å². The Hall–Kier alpha value is -3.79. The molecule has 0 bridgehead atoms. The normalized spacial score (nSPS) is 13.1. The van der Waals surface area contributed by atoms with Gasteiger partial charge in [-0.3, -0.25) is 4.72 Å². The lowest BCUT2D eigenvalue weighted by Gasteiger charge is -2.16. The van der Waals surface area contributed by atoms with E-state index in [1.807, 2.05) is 0 Å². The van der Waals surface area contributed by atoms with Crippen molar-refractivity contribution >= 4 is 26.6 Å². The number of nitrogens with zero attached hydrogens (tertiary/aromatic N) is 1. The van der Waals surface area contributed by atoms with Crippen LogP contribution in [0, 0.1) is 23.3 Å². The first-order valence-electron chi connectivity index (χ1n) is 10.7. The highest BCUT2D eigenvalue weighted by molar-refractivity contribution is 7.94. The van der Waals surface area contributed by atoms with Gasteiger partial charge in [0.05, 0.1) is 10.9 Å². The number of rotatable bonds is 7. The summed E-state index contributed by atoms with van der Waals surface area (Å²) in [5.74, 6) is -1.29. The zero-order valence-electron chi connectivity index (χ0n) is 19.2. The molecule has 0 aliphatic heterocycles. The lowest BCUT2D eigenvalue weighted by atomic mass is 9.99. The summed E-state index contributed by atoms with van der Waals surface area (Å²) < 4.78 is 62.7. The number of hydrogen-bond donors (Lipinski definition) is 2. The molecule has 0 fully saturated rings. The van der Waals surface area contributed by atoms with Gasteiger partial charge >= 0.3 is 5.63 Å². The molecule has 1 unspecified atom stereocenters. The maximum absolute atomic E-state index is 15.2. The minimum Gasteiger partial charge on any atom is -0.436 e. The molecular weight excluding hydrogens is 476 g/mol. The standard InChI is InChI=1S/C25H23F2N3O4S/c1-14(2)35(28,32)30-21-8-4-6-16(23(21)27)12-19-15(3)18-10-9-17(13-22(18)34-25(19)31)33-24-20(26)7-5-11-29-24/h4-11,13-14H,12H2,1-3H3,(H2,28,30,32). The van der Waals surface area contributed by atoms with Crippen molar-refractivity contribution in [3.8, 4) is 11.6 Å². The van der Waals surface area contributed by atoms with Crippen molar-refractivity contribution in [3.05, 3.63) is 93.5 Å². The molecule has 2 heterocycles. The van der Waals surface area contributed by atoms with Crippen LogP contribution in [-0.4, -0.2) is 14.4 Å². The maximum atomic E-state index is 15.2. The molecule has 2 N–H and O–H groups in total. The summed E-state index contributed by atoms with van der Waals surface area (Å²) in [5.41, 5.74) is 0.550. The summed E-state index contributed by atoms with van der Waals surface area (Å²) in [6.07, 6.45) is 1.33. The highest BCUT2D eigenvalue weighted by Crippen LogP contribution is 2.29. The Balaban J connectivity index is 1.68. The molecule has 35 heavy (non-hydrogen) atoms. The van der Waals surface area contributed by atoms with E-state index in [1.54, 1.807) is 39.0 Å². The van der Waals surface area contributed by atoms with Crippen molar-refractivity contribution in [2.75, 3.05) is 4.72 Å². The summed E-state index contributed by atoms with van der Waals surface area (Å²) in [4.78, 5) is 16.6. The fourth-order valence-electron chi connectivity index (χ4n) is 3.47. The quantitative estimate of drug-likeness (QED) is 0.306. The number of halogens is 2. The Bertz CT molecular complexity index is 1580. The van der Waals surface area contributed by atoms with Crippen LogP contribution in [0.5, 0.6) is 11.6 Å². The molecule has 0 aliphatic carbocycles. The number of fused-ring (bicyclic) bond motifs is 1. The van der Waals surface area contributed by atoms with Gasteiger partial charge in [-0.15, -0.1) is 0 Å². The van der Waals surface area contributed by atoms with Gasteiger partial charge in [-0.2, -0.15) is 0 Å². The third-order valence-electron chi connectivity index (χ3n) is 5.57. The van der Waals surface area contributed by atoms with Crippen LogP contribution in [0.25, 0.3) is 11.0 Å². The monoisotopic (exact) mass is 499 g/mol. The van der Waals surface area contributed by atoms with Gasteiger partial charge in [-0.1, -0.05) is 12.1 Å². The molecule has 0 spiro atoms. The number of pyridine rings is 1. The van der Waals surface area contributed by atoms with E-state index in [1.165, 1.54) is 36.5 Å². The molecule has 0 aliphatic rings. The molecular formula is C25H23F2N3O4S. The van der Waals surface area contributed by atoms with Crippen LogP contribution in [0.15, 0.2) is 63.9 Å². The Labute approximate surface area is 200 Å². The second-order valence-corrected chi connectivity index (χ2v) is 10.6. The predicted octanol–water partition coefficient (Wildman–Crippen LogP) is 5.94. The number of nitrogens with one attached hydrogen (secondary N) is 2. The highest BCUT2D eigenvalue weighted by atomic mass is 32.2. The fourth-order valence-corrected chi connectivity index (χ4v) is 4.19. The first kappa shape index (κ1) is 24.3. The lowest BCUT2D eigenvalue weighted by Crippen LogP contribution is -2.22. The van der Waals surface area contributed by atoms with Crippen LogP contribution in [0.4, 0.5) is 14.5 Å². The molecule has 4 rings (SSSR count). The minimum atomic E-state index is -3.25. The van der Waals surface area contributed by atoms with Gasteiger partial charge in [0.25, 0.3) is 5.88 Å². The number of hydrogen-bond acceptors (Lipinski definition) is 6. The molecule has 0 amide bonds. The summed E-state index contributed by atoms with van der Waals surface area (Å²) in [7, 11) is -3.25. The Morgan fingerprint density at radius 3 is 2.66 bits per heavy atom. The molecule has 1 atom stereocenters. The smallest absolute Gasteiger partial charge is 0.340 e. The molecule has 2 aromatic heterocycles. The van der Waals surface area contributed by atoms with Crippen molar-refractivity contribution in [2.24, 2.45) is 0 Å². The van der Waals surface area contributed by atoms with Crippen LogP contribution < -0.4 is 15.1 Å². The maximum Gasteiger partial charge on any atom is 0.340 e. The Morgan fingerprint density at radius 1 is 1.17 bits per heavy atom. The Morgan fingerprint density at radius 2 is 1.94 bits per heavy atom. The van der Waals surface area contributed by atoms with E-state index in [0.29, 0.717) is 10.9 Å². The van der Waals surface area contributed by atoms with Gasteiger partial charge in [0.2, 0.25) is 0 Å². The van der Waals surface area contributed by atoms with Crippen molar-refractivity contribution in [1.82, 2.24) is 4.98 Å². The topological polar surface area (TPSA) is 105 Å². The first-order chi connectivity index (χ1) is 16.6. The average molecular weight is 500 g/mol.